The number of allylic oxidation sites excluding steroid dienone is 1. The molecule has 0 fully saturated rings. The van der Waals surface area contributed by atoms with Crippen molar-refractivity contribution in [3.8, 4) is 0 Å². The number of para-hydroxylation sites is 1. The summed E-state index contributed by atoms with van der Waals surface area (Å²) in [5.74, 6) is -0.368. The molecule has 0 bridgehead atoms. The smallest absolute Gasteiger partial charge is 0.347 e. The van der Waals surface area contributed by atoms with Gasteiger partial charge in [-0.2, -0.15) is 0 Å². The fraction of sp³-hybridized carbons (Fsp3) is 0. The van der Waals surface area contributed by atoms with E-state index >= 15 is 0 Å². The fourth-order valence-corrected chi connectivity index (χ4v) is 2.81. The lowest BCUT2D eigenvalue weighted by molar-refractivity contribution is 0.104. The number of fused-ring (bicyclic) bond motifs is 2. The van der Waals surface area contributed by atoms with Gasteiger partial charge in [-0.1, -0.05) is 60.7 Å². The highest BCUT2D eigenvalue weighted by Crippen LogP contribution is 2.17. The predicted molar refractivity (Wildman–Crippen MR) is 99.8 cm³/mol. The Balaban J connectivity index is 1.67. The highest BCUT2D eigenvalue weighted by atomic mass is 16.4. The molecule has 0 aliphatic heterocycles. The molecule has 0 radical (unpaired) electrons. The van der Waals surface area contributed by atoms with E-state index in [1.165, 1.54) is 6.08 Å². The molecule has 0 spiro atoms. The SMILES string of the molecule is O=C(/C=C/c1ccc2ccccc2c1)c1cc2ccccc2oc1=O. The van der Waals surface area contributed by atoms with E-state index in [2.05, 4.69) is 0 Å². The number of carbonyl (C=O) groups is 1. The minimum Gasteiger partial charge on any atom is -0.422 e. The highest BCUT2D eigenvalue weighted by molar-refractivity contribution is 6.08. The maximum absolute atomic E-state index is 12.4. The minimum absolute atomic E-state index is 0.0377. The molecule has 3 heteroatoms. The molecule has 3 nitrogen and oxygen atoms in total. The van der Waals surface area contributed by atoms with Crippen LogP contribution in [0.1, 0.15) is 15.9 Å². The third-order valence-corrected chi connectivity index (χ3v) is 4.11. The van der Waals surface area contributed by atoms with Crippen LogP contribution in [0, 0.1) is 0 Å². The molecule has 0 saturated heterocycles. The van der Waals surface area contributed by atoms with Crippen LogP contribution >= 0.6 is 0 Å². The summed E-state index contributed by atoms with van der Waals surface area (Å²) in [7, 11) is 0. The van der Waals surface area contributed by atoms with Crippen molar-refractivity contribution in [1.29, 1.82) is 0 Å². The molecule has 0 N–H and O–H groups in total. The molecule has 1 aromatic heterocycles. The first kappa shape index (κ1) is 15.1. The Hall–Kier alpha value is -3.46. The van der Waals surface area contributed by atoms with Gasteiger partial charge in [0, 0.05) is 5.39 Å². The minimum atomic E-state index is -0.619. The van der Waals surface area contributed by atoms with E-state index in [9.17, 15) is 9.59 Å². The Morgan fingerprint density at radius 2 is 1.52 bits per heavy atom. The van der Waals surface area contributed by atoms with Crippen LogP contribution in [0.5, 0.6) is 0 Å². The summed E-state index contributed by atoms with van der Waals surface area (Å²) in [4.78, 5) is 24.4. The van der Waals surface area contributed by atoms with E-state index in [1.807, 2.05) is 54.6 Å². The predicted octanol–water partition coefficient (Wildman–Crippen LogP) is 4.84. The highest BCUT2D eigenvalue weighted by Gasteiger charge is 2.10. The van der Waals surface area contributed by atoms with Crippen molar-refractivity contribution in [2.24, 2.45) is 0 Å². The van der Waals surface area contributed by atoms with Gasteiger partial charge in [-0.25, -0.2) is 4.79 Å². The average molecular weight is 326 g/mol. The molecular formula is C22H14O3. The van der Waals surface area contributed by atoms with Gasteiger partial charge in [0.15, 0.2) is 5.78 Å². The van der Waals surface area contributed by atoms with Crippen molar-refractivity contribution in [2.75, 3.05) is 0 Å². The number of carbonyl (C=O) groups excluding carboxylic acids is 1. The van der Waals surface area contributed by atoms with Gasteiger partial charge in [0.25, 0.3) is 0 Å². The molecule has 0 amide bonds. The number of hydrogen-bond donors (Lipinski definition) is 0. The monoisotopic (exact) mass is 326 g/mol. The second-order valence-corrected chi connectivity index (χ2v) is 5.79. The van der Waals surface area contributed by atoms with E-state index in [1.54, 1.807) is 24.3 Å². The van der Waals surface area contributed by atoms with Crippen LogP contribution in [0.4, 0.5) is 0 Å². The first-order valence-electron chi connectivity index (χ1n) is 7.95. The van der Waals surface area contributed by atoms with Crippen LogP contribution in [-0.4, -0.2) is 5.78 Å². The number of benzene rings is 3. The molecule has 0 aliphatic rings. The molecule has 120 valence electrons. The maximum atomic E-state index is 12.4. The van der Waals surface area contributed by atoms with Crippen LogP contribution in [0.25, 0.3) is 27.8 Å². The summed E-state index contributed by atoms with van der Waals surface area (Å²) in [6, 6.07) is 22.7. The zero-order valence-electron chi connectivity index (χ0n) is 13.3. The average Bonchev–Trinajstić information content (AvgIpc) is 2.65. The van der Waals surface area contributed by atoms with E-state index in [0.29, 0.717) is 5.58 Å². The molecule has 25 heavy (non-hydrogen) atoms. The lowest BCUT2D eigenvalue weighted by Crippen LogP contribution is -2.11. The third-order valence-electron chi connectivity index (χ3n) is 4.11. The number of rotatable bonds is 3. The molecule has 0 unspecified atom stereocenters. The van der Waals surface area contributed by atoms with Gasteiger partial charge < -0.3 is 4.42 Å². The third kappa shape index (κ3) is 3.00. The normalized spacial score (nSPS) is 11.4. The van der Waals surface area contributed by atoms with Crippen molar-refractivity contribution < 1.29 is 9.21 Å². The Bertz CT molecular complexity index is 1180. The summed E-state index contributed by atoms with van der Waals surface area (Å²) < 4.78 is 5.21. The van der Waals surface area contributed by atoms with Crippen molar-refractivity contribution in [1.82, 2.24) is 0 Å². The zero-order chi connectivity index (χ0) is 17.2. The van der Waals surface area contributed by atoms with Gasteiger partial charge in [0.05, 0.1) is 0 Å². The Morgan fingerprint density at radius 3 is 2.36 bits per heavy atom. The molecule has 4 rings (SSSR count). The van der Waals surface area contributed by atoms with Gasteiger partial charge in [0.1, 0.15) is 11.1 Å². The number of ketones is 1. The summed E-state index contributed by atoms with van der Waals surface area (Å²) in [5.41, 5.74) is 0.794. The first-order valence-corrected chi connectivity index (χ1v) is 7.95. The van der Waals surface area contributed by atoms with E-state index in [-0.39, 0.29) is 11.3 Å². The second kappa shape index (κ2) is 6.21. The van der Waals surface area contributed by atoms with Crippen LogP contribution < -0.4 is 5.63 Å². The van der Waals surface area contributed by atoms with Crippen LogP contribution in [0.15, 0.2) is 88.1 Å². The van der Waals surface area contributed by atoms with Gasteiger partial charge in [-0.05, 0) is 40.6 Å². The Kier molecular flexibility index (Phi) is 3.75. The Morgan fingerprint density at radius 1 is 0.800 bits per heavy atom. The van der Waals surface area contributed by atoms with E-state index < -0.39 is 5.63 Å². The van der Waals surface area contributed by atoms with Crippen molar-refractivity contribution in [3.05, 3.63) is 100 Å². The lowest BCUT2D eigenvalue weighted by atomic mass is 10.1. The summed E-state index contributed by atoms with van der Waals surface area (Å²) >= 11 is 0. The molecule has 4 aromatic rings. The molecule has 0 aliphatic carbocycles. The van der Waals surface area contributed by atoms with Gasteiger partial charge in [0.2, 0.25) is 0 Å². The van der Waals surface area contributed by atoms with E-state index in [0.717, 1.165) is 21.7 Å². The molecule has 1 heterocycles. The Labute approximate surface area is 143 Å². The van der Waals surface area contributed by atoms with Gasteiger partial charge in [-0.15, -0.1) is 0 Å². The van der Waals surface area contributed by atoms with Gasteiger partial charge in [-0.3, -0.25) is 4.79 Å². The van der Waals surface area contributed by atoms with Crippen molar-refractivity contribution in [3.63, 3.8) is 0 Å². The molecule has 0 saturated carbocycles. The van der Waals surface area contributed by atoms with Gasteiger partial charge >= 0.3 is 5.63 Å². The molecule has 0 atom stereocenters. The number of hydrogen-bond acceptors (Lipinski definition) is 3. The van der Waals surface area contributed by atoms with Crippen LogP contribution in [0.3, 0.4) is 0 Å². The summed E-state index contributed by atoms with van der Waals surface area (Å²) in [5, 5.41) is 2.97. The summed E-state index contributed by atoms with van der Waals surface area (Å²) in [6.45, 7) is 0. The second-order valence-electron chi connectivity index (χ2n) is 5.79. The molecule has 3 aromatic carbocycles. The van der Waals surface area contributed by atoms with E-state index in [4.69, 9.17) is 4.42 Å². The van der Waals surface area contributed by atoms with Crippen molar-refractivity contribution in [2.45, 2.75) is 0 Å². The van der Waals surface area contributed by atoms with Crippen LogP contribution in [0.2, 0.25) is 0 Å². The van der Waals surface area contributed by atoms with Crippen molar-refractivity contribution >= 4 is 33.6 Å². The zero-order valence-corrected chi connectivity index (χ0v) is 13.3. The first-order chi connectivity index (χ1) is 12.2. The van der Waals surface area contributed by atoms with Crippen LogP contribution in [-0.2, 0) is 0 Å². The standard InChI is InChI=1S/C22H14O3/c23-20(19-14-18-7-3-4-8-21(18)25-22(19)24)12-10-15-9-11-16-5-1-2-6-17(16)13-15/h1-14H/b12-10+. The topological polar surface area (TPSA) is 47.3 Å². The quantitative estimate of drug-likeness (QED) is 0.307. The maximum Gasteiger partial charge on any atom is 0.347 e. The summed E-state index contributed by atoms with van der Waals surface area (Å²) in [6.07, 6.45) is 3.12. The molecular weight excluding hydrogens is 312 g/mol. The lowest BCUT2D eigenvalue weighted by Gasteiger charge is -2.00. The fourth-order valence-electron chi connectivity index (χ4n) is 2.81. The largest absolute Gasteiger partial charge is 0.422 e.